The lowest BCUT2D eigenvalue weighted by Crippen LogP contribution is -2.56. The predicted octanol–water partition coefficient (Wildman–Crippen LogP) is 4.79. The summed E-state index contributed by atoms with van der Waals surface area (Å²) in [6, 6.07) is 13.2. The first-order chi connectivity index (χ1) is 20.9. The van der Waals surface area contributed by atoms with E-state index >= 15 is 0 Å². The van der Waals surface area contributed by atoms with E-state index in [9.17, 15) is 25.0 Å². The van der Waals surface area contributed by atoms with Crippen molar-refractivity contribution in [2.24, 2.45) is 0 Å². The molecule has 44 heavy (non-hydrogen) atoms. The zero-order chi connectivity index (χ0) is 31.4. The first-order valence-electron chi connectivity index (χ1n) is 14.8. The molecule has 0 aliphatic carbocycles. The largest absolute Gasteiger partial charge is 0.485 e. The average Bonchev–Trinajstić information content (AvgIpc) is 3.60. The van der Waals surface area contributed by atoms with E-state index in [4.69, 9.17) is 18.5 Å². The van der Waals surface area contributed by atoms with Gasteiger partial charge in [-0.2, -0.15) is 10.5 Å². The van der Waals surface area contributed by atoms with E-state index in [0.29, 0.717) is 72.5 Å². The molecule has 2 aromatic rings. The van der Waals surface area contributed by atoms with Crippen LogP contribution < -0.4 is 9.47 Å². The number of carbonyl (C=O) groups excluding carboxylic acids is 2. The van der Waals surface area contributed by atoms with Gasteiger partial charge >= 0.3 is 8.60 Å². The van der Waals surface area contributed by atoms with Crippen LogP contribution in [0.2, 0.25) is 0 Å². The number of rotatable bonds is 6. The SMILES string of the molecule is CC1(C)Oc2ccc(C#N)cc2[C@@H](N2CCCC2=O)[C@@H]1OP(O)O[C@H]1[C@H](N2CCCC2=O)c2cc(C#N)ccc2OC1(C)C. The van der Waals surface area contributed by atoms with Crippen LogP contribution in [0.5, 0.6) is 11.5 Å². The Bertz CT molecular complexity index is 1470. The van der Waals surface area contributed by atoms with Crippen LogP contribution in [0.3, 0.4) is 0 Å². The minimum Gasteiger partial charge on any atom is -0.485 e. The van der Waals surface area contributed by atoms with Crippen molar-refractivity contribution in [3.63, 3.8) is 0 Å². The molecule has 0 saturated carbocycles. The van der Waals surface area contributed by atoms with Gasteiger partial charge in [0.05, 0.1) is 35.3 Å². The molecule has 4 aliphatic rings. The van der Waals surface area contributed by atoms with Crippen molar-refractivity contribution in [3.05, 3.63) is 58.7 Å². The third kappa shape index (κ3) is 5.29. The smallest absolute Gasteiger partial charge is 0.330 e. The molecule has 2 aromatic carbocycles. The van der Waals surface area contributed by atoms with Crippen LogP contribution in [0.15, 0.2) is 36.4 Å². The van der Waals surface area contributed by atoms with E-state index in [0.717, 1.165) is 0 Å². The van der Waals surface area contributed by atoms with E-state index < -0.39 is 44.1 Å². The van der Waals surface area contributed by atoms with E-state index in [2.05, 4.69) is 12.1 Å². The monoisotopic (exact) mass is 618 g/mol. The summed E-state index contributed by atoms with van der Waals surface area (Å²) in [4.78, 5) is 41.2. The molecule has 0 aromatic heterocycles. The van der Waals surface area contributed by atoms with E-state index in [-0.39, 0.29) is 11.8 Å². The van der Waals surface area contributed by atoms with Gasteiger partial charge in [-0.3, -0.25) is 9.59 Å². The van der Waals surface area contributed by atoms with Gasteiger partial charge in [-0.15, -0.1) is 0 Å². The quantitative estimate of drug-likeness (QED) is 0.452. The second-order valence-electron chi connectivity index (χ2n) is 12.7. The zero-order valence-corrected chi connectivity index (χ0v) is 26.0. The van der Waals surface area contributed by atoms with Crippen LogP contribution in [-0.4, -0.2) is 63.0 Å². The van der Waals surface area contributed by atoms with Crippen LogP contribution in [0.1, 0.15) is 87.7 Å². The number of nitriles is 2. The molecule has 4 heterocycles. The third-order valence-corrected chi connectivity index (χ3v) is 9.72. The van der Waals surface area contributed by atoms with Gasteiger partial charge in [0.1, 0.15) is 34.9 Å². The van der Waals surface area contributed by atoms with Gasteiger partial charge in [0.25, 0.3) is 0 Å². The highest BCUT2D eigenvalue weighted by Gasteiger charge is 2.54. The van der Waals surface area contributed by atoms with Crippen molar-refractivity contribution < 1.29 is 33.0 Å². The van der Waals surface area contributed by atoms with E-state index in [1.807, 2.05) is 27.7 Å². The number of ether oxygens (including phenoxy) is 2. The lowest BCUT2D eigenvalue weighted by atomic mass is 9.85. The molecule has 0 unspecified atom stereocenters. The summed E-state index contributed by atoms with van der Waals surface area (Å²) in [5.74, 6) is 0.997. The normalized spacial score (nSPS) is 26.8. The summed E-state index contributed by atoms with van der Waals surface area (Å²) in [5.41, 5.74) is 0.0924. The van der Waals surface area contributed by atoms with Crippen molar-refractivity contribution in [2.75, 3.05) is 13.1 Å². The summed E-state index contributed by atoms with van der Waals surface area (Å²) >= 11 is 0. The first-order valence-corrected chi connectivity index (χ1v) is 15.9. The van der Waals surface area contributed by atoms with Crippen molar-refractivity contribution in [1.29, 1.82) is 10.5 Å². The Labute approximate surface area is 257 Å². The van der Waals surface area contributed by atoms with Crippen molar-refractivity contribution in [2.45, 2.75) is 88.9 Å². The minimum atomic E-state index is -2.62. The second-order valence-corrected chi connectivity index (χ2v) is 13.6. The Morgan fingerprint density at radius 3 is 1.55 bits per heavy atom. The molecule has 2 saturated heterocycles. The Morgan fingerprint density at radius 2 is 1.20 bits per heavy atom. The van der Waals surface area contributed by atoms with Crippen molar-refractivity contribution >= 4 is 20.4 Å². The van der Waals surface area contributed by atoms with Gasteiger partial charge in [0, 0.05) is 37.1 Å². The Balaban J connectivity index is 1.36. The Kier molecular flexibility index (Phi) is 7.80. The molecule has 6 rings (SSSR count). The highest BCUT2D eigenvalue weighted by atomic mass is 31.2. The number of amides is 2. The Hall–Kier alpha value is -3.73. The fraction of sp³-hybridized carbons (Fsp3) is 0.500. The molecule has 12 heteroatoms. The highest BCUT2D eigenvalue weighted by molar-refractivity contribution is 7.40. The van der Waals surface area contributed by atoms with Gasteiger partial charge < -0.3 is 33.2 Å². The number of carbonyl (C=O) groups is 2. The zero-order valence-electron chi connectivity index (χ0n) is 25.1. The molecule has 1 N–H and O–H groups in total. The fourth-order valence-corrected chi connectivity index (χ4v) is 8.01. The van der Waals surface area contributed by atoms with Gasteiger partial charge in [-0.1, -0.05) is 0 Å². The van der Waals surface area contributed by atoms with Crippen molar-refractivity contribution in [1.82, 2.24) is 9.80 Å². The molecule has 230 valence electrons. The van der Waals surface area contributed by atoms with Gasteiger partial charge in [-0.05, 0) is 76.9 Å². The average molecular weight is 619 g/mol. The molecule has 11 nitrogen and oxygen atoms in total. The van der Waals surface area contributed by atoms with E-state index in [1.54, 1.807) is 46.2 Å². The molecule has 0 bridgehead atoms. The fourth-order valence-electron chi connectivity index (χ4n) is 6.83. The molecule has 4 atom stereocenters. The molecule has 0 spiro atoms. The summed E-state index contributed by atoms with van der Waals surface area (Å²) < 4.78 is 25.4. The van der Waals surface area contributed by atoms with E-state index in [1.165, 1.54) is 0 Å². The molecule has 2 fully saturated rings. The van der Waals surface area contributed by atoms with Crippen molar-refractivity contribution in [3.8, 4) is 23.6 Å². The van der Waals surface area contributed by atoms with Crippen LogP contribution in [0.25, 0.3) is 0 Å². The topological polar surface area (TPSA) is 145 Å². The standard InChI is InChI=1S/C32H35N4O7P/c1-31(2)29(27(35-13-5-7-25(35)37)21-15-19(17-33)9-11-23(21)40-31)42-44(39)43-30-28(36-14-6-8-26(36)38)22-16-20(18-34)10-12-24(22)41-32(30,3)4/h9-12,15-16,27-30,39H,5-8,13-14H2,1-4H3/t27-,28-,29+,30+/m1/s1. The van der Waals surface area contributed by atoms with Crippen LogP contribution in [0.4, 0.5) is 0 Å². The summed E-state index contributed by atoms with van der Waals surface area (Å²) in [7, 11) is -2.62. The summed E-state index contributed by atoms with van der Waals surface area (Å²) in [6.07, 6.45) is 0.434. The van der Waals surface area contributed by atoms with Gasteiger partial charge in [0.15, 0.2) is 0 Å². The van der Waals surface area contributed by atoms with Crippen LogP contribution in [0, 0.1) is 22.7 Å². The summed E-state index contributed by atoms with van der Waals surface area (Å²) in [5, 5.41) is 19.2. The highest BCUT2D eigenvalue weighted by Crippen LogP contribution is 2.54. The van der Waals surface area contributed by atoms with Gasteiger partial charge in [-0.25, -0.2) is 0 Å². The number of likely N-dealkylation sites (tertiary alicyclic amines) is 2. The number of fused-ring (bicyclic) bond motifs is 2. The number of hydrogen-bond acceptors (Lipinski definition) is 9. The maximum atomic E-state index is 13.1. The lowest BCUT2D eigenvalue weighted by Gasteiger charge is -2.49. The van der Waals surface area contributed by atoms with Crippen LogP contribution >= 0.6 is 8.60 Å². The molecular weight excluding hydrogens is 583 g/mol. The summed E-state index contributed by atoms with van der Waals surface area (Å²) in [6.45, 7) is 8.31. The third-order valence-electron chi connectivity index (χ3n) is 8.90. The number of nitrogens with zero attached hydrogens (tertiary/aromatic N) is 4. The molecule has 0 radical (unpaired) electrons. The minimum absolute atomic E-state index is 0.0443. The second kappa shape index (κ2) is 11.3. The predicted molar refractivity (Wildman–Crippen MR) is 158 cm³/mol. The first kappa shape index (κ1) is 30.3. The molecule has 2 amide bonds. The van der Waals surface area contributed by atoms with Gasteiger partial charge in [0.2, 0.25) is 11.8 Å². The maximum absolute atomic E-state index is 13.1. The molecular formula is C32H35N4O7P. The van der Waals surface area contributed by atoms with Crippen LogP contribution in [-0.2, 0) is 18.6 Å². The number of benzene rings is 2. The number of hydrogen-bond donors (Lipinski definition) is 1. The Morgan fingerprint density at radius 1 is 0.795 bits per heavy atom. The molecule has 4 aliphatic heterocycles. The maximum Gasteiger partial charge on any atom is 0.330 e. The lowest BCUT2D eigenvalue weighted by molar-refractivity contribution is -0.142.